The van der Waals surface area contributed by atoms with Crippen molar-refractivity contribution in [2.24, 2.45) is 4.99 Å². The molecule has 0 atom stereocenters. The number of ether oxygens (including phenoxy) is 1. The summed E-state index contributed by atoms with van der Waals surface area (Å²) in [6.07, 6.45) is 2.11. The molecule has 0 aromatic rings. The van der Waals surface area contributed by atoms with Gasteiger partial charge >= 0.3 is 6.09 Å². The molecule has 0 radical (unpaired) electrons. The monoisotopic (exact) mass is 341 g/mol. The molecular weight excluding hydrogens is 306 g/mol. The molecule has 0 aromatic carbocycles. The predicted octanol–water partition coefficient (Wildman–Crippen LogP) is 1.50. The molecule has 1 fully saturated rings. The quantitative estimate of drug-likeness (QED) is 0.435. The molecule has 0 unspecified atom stereocenters. The summed E-state index contributed by atoms with van der Waals surface area (Å²) in [5.74, 6) is 0.857. The van der Waals surface area contributed by atoms with Gasteiger partial charge in [-0.05, 0) is 27.2 Å². The van der Waals surface area contributed by atoms with Crippen LogP contribution >= 0.6 is 0 Å². The first-order valence-corrected chi connectivity index (χ1v) is 9.00. The Morgan fingerprint density at radius 3 is 2.29 bits per heavy atom. The number of hydrogen-bond acceptors (Lipinski definition) is 4. The van der Waals surface area contributed by atoms with Crippen molar-refractivity contribution in [2.45, 2.75) is 46.1 Å². The van der Waals surface area contributed by atoms with E-state index in [9.17, 15) is 4.79 Å². The highest BCUT2D eigenvalue weighted by Crippen LogP contribution is 2.11. The van der Waals surface area contributed by atoms with E-state index < -0.39 is 5.60 Å². The summed E-state index contributed by atoms with van der Waals surface area (Å²) in [6.45, 7) is 13.8. The van der Waals surface area contributed by atoms with E-state index >= 15 is 0 Å². The lowest BCUT2D eigenvalue weighted by atomic mass is 10.2. The Bertz CT molecular complexity index is 398. The third kappa shape index (κ3) is 8.38. The van der Waals surface area contributed by atoms with Crippen LogP contribution in [0.3, 0.4) is 0 Å². The van der Waals surface area contributed by atoms with Gasteiger partial charge in [0, 0.05) is 52.9 Å². The molecule has 1 aliphatic heterocycles. The van der Waals surface area contributed by atoms with E-state index in [0.717, 1.165) is 58.2 Å². The Labute approximate surface area is 146 Å². The minimum absolute atomic E-state index is 0.208. The Kier molecular flexibility index (Phi) is 8.89. The zero-order valence-corrected chi connectivity index (χ0v) is 16.0. The minimum atomic E-state index is -0.432. The van der Waals surface area contributed by atoms with Gasteiger partial charge in [-0.2, -0.15) is 0 Å². The second-order valence-electron chi connectivity index (χ2n) is 7.09. The van der Waals surface area contributed by atoms with Gasteiger partial charge in [0.05, 0.1) is 0 Å². The molecule has 0 aliphatic carbocycles. The molecule has 1 amide bonds. The zero-order chi connectivity index (χ0) is 18.0. The van der Waals surface area contributed by atoms with Crippen molar-refractivity contribution < 1.29 is 9.53 Å². The highest BCUT2D eigenvalue weighted by molar-refractivity contribution is 5.79. The van der Waals surface area contributed by atoms with E-state index in [2.05, 4.69) is 27.4 Å². The van der Waals surface area contributed by atoms with Crippen LogP contribution in [0.15, 0.2) is 4.99 Å². The van der Waals surface area contributed by atoms with Crippen LogP contribution in [0.1, 0.15) is 40.5 Å². The minimum Gasteiger partial charge on any atom is -0.444 e. The van der Waals surface area contributed by atoms with Gasteiger partial charge in [0.15, 0.2) is 5.96 Å². The lowest BCUT2D eigenvalue weighted by Crippen LogP contribution is -2.51. The molecule has 7 nitrogen and oxygen atoms in total. The van der Waals surface area contributed by atoms with Crippen LogP contribution in [-0.2, 0) is 4.74 Å². The van der Waals surface area contributed by atoms with Crippen molar-refractivity contribution in [3.8, 4) is 0 Å². The summed E-state index contributed by atoms with van der Waals surface area (Å²) in [6, 6.07) is 0. The van der Waals surface area contributed by atoms with Crippen LogP contribution in [0.25, 0.3) is 0 Å². The van der Waals surface area contributed by atoms with Crippen molar-refractivity contribution in [1.82, 2.24) is 20.4 Å². The molecular formula is C17H35N5O2. The molecule has 1 saturated heterocycles. The number of amides is 1. The average molecular weight is 342 g/mol. The largest absolute Gasteiger partial charge is 0.444 e. The number of hydrogen-bond donors (Lipinski definition) is 2. The molecule has 1 aliphatic rings. The number of guanidine groups is 1. The van der Waals surface area contributed by atoms with E-state index in [4.69, 9.17) is 4.74 Å². The first-order chi connectivity index (χ1) is 11.4. The van der Waals surface area contributed by atoms with Gasteiger partial charge in [-0.1, -0.05) is 13.3 Å². The predicted molar refractivity (Wildman–Crippen MR) is 98.5 cm³/mol. The van der Waals surface area contributed by atoms with Crippen molar-refractivity contribution >= 4 is 12.1 Å². The topological polar surface area (TPSA) is 69.2 Å². The zero-order valence-electron chi connectivity index (χ0n) is 16.0. The Hall–Kier alpha value is -1.50. The van der Waals surface area contributed by atoms with E-state index in [0.29, 0.717) is 0 Å². The molecule has 24 heavy (non-hydrogen) atoms. The first-order valence-electron chi connectivity index (χ1n) is 9.00. The standard InChI is InChI=1S/C17H35N5O2/c1-6-7-8-19-15(18-5)20-9-10-21-11-13-22(14-12-21)16(23)24-17(2,3)4/h6-14H2,1-5H3,(H2,18,19,20). The van der Waals surface area contributed by atoms with Crippen LogP contribution in [0.5, 0.6) is 0 Å². The Morgan fingerprint density at radius 1 is 1.12 bits per heavy atom. The van der Waals surface area contributed by atoms with Crippen LogP contribution in [0.4, 0.5) is 4.79 Å². The molecule has 2 N–H and O–H groups in total. The van der Waals surface area contributed by atoms with Crippen LogP contribution < -0.4 is 10.6 Å². The fraction of sp³-hybridized carbons (Fsp3) is 0.882. The second-order valence-corrected chi connectivity index (χ2v) is 7.09. The SMILES string of the molecule is CCCCNC(=NC)NCCN1CCN(C(=O)OC(C)(C)C)CC1. The van der Waals surface area contributed by atoms with Gasteiger partial charge in [0.2, 0.25) is 0 Å². The normalized spacial score (nSPS) is 16.9. The van der Waals surface area contributed by atoms with Crippen LogP contribution in [0.2, 0.25) is 0 Å². The van der Waals surface area contributed by atoms with Gasteiger partial charge in [-0.25, -0.2) is 4.79 Å². The van der Waals surface area contributed by atoms with E-state index in [-0.39, 0.29) is 6.09 Å². The van der Waals surface area contributed by atoms with Gasteiger partial charge in [-0.15, -0.1) is 0 Å². The molecule has 0 saturated carbocycles. The van der Waals surface area contributed by atoms with Crippen LogP contribution in [0, 0.1) is 0 Å². The molecule has 0 spiro atoms. The van der Waals surface area contributed by atoms with Crippen molar-refractivity contribution in [3.63, 3.8) is 0 Å². The van der Waals surface area contributed by atoms with Crippen molar-refractivity contribution in [3.05, 3.63) is 0 Å². The lowest BCUT2D eigenvalue weighted by Gasteiger charge is -2.35. The summed E-state index contributed by atoms with van der Waals surface area (Å²) in [5, 5.41) is 6.64. The van der Waals surface area contributed by atoms with Gasteiger partial charge in [0.1, 0.15) is 5.60 Å². The fourth-order valence-electron chi connectivity index (χ4n) is 2.42. The number of carbonyl (C=O) groups excluding carboxylic acids is 1. The van der Waals surface area contributed by atoms with Crippen LogP contribution in [-0.4, -0.2) is 80.3 Å². The third-order valence-corrected chi connectivity index (χ3v) is 3.79. The van der Waals surface area contributed by atoms with Gasteiger partial charge in [0.25, 0.3) is 0 Å². The maximum Gasteiger partial charge on any atom is 0.410 e. The fourth-order valence-corrected chi connectivity index (χ4v) is 2.42. The second kappa shape index (κ2) is 10.4. The maximum atomic E-state index is 12.0. The summed E-state index contributed by atoms with van der Waals surface area (Å²) >= 11 is 0. The highest BCUT2D eigenvalue weighted by Gasteiger charge is 2.25. The number of unbranched alkanes of at least 4 members (excludes halogenated alkanes) is 1. The number of nitrogens with one attached hydrogen (secondary N) is 2. The first kappa shape index (κ1) is 20.5. The average Bonchev–Trinajstić information content (AvgIpc) is 2.52. The summed E-state index contributed by atoms with van der Waals surface area (Å²) < 4.78 is 5.42. The molecule has 1 rings (SSSR count). The van der Waals surface area contributed by atoms with Crippen molar-refractivity contribution in [1.29, 1.82) is 0 Å². The molecule has 140 valence electrons. The molecule has 1 heterocycles. The summed E-state index contributed by atoms with van der Waals surface area (Å²) in [4.78, 5) is 20.4. The molecule has 0 bridgehead atoms. The van der Waals surface area contributed by atoms with E-state index in [1.807, 2.05) is 20.8 Å². The van der Waals surface area contributed by atoms with Gasteiger partial charge < -0.3 is 20.3 Å². The maximum absolute atomic E-state index is 12.0. The summed E-state index contributed by atoms with van der Waals surface area (Å²) in [5.41, 5.74) is -0.432. The number of aliphatic imine (C=N–C) groups is 1. The Balaban J connectivity index is 2.21. The number of piperazine rings is 1. The number of rotatable bonds is 6. The number of carbonyl (C=O) groups is 1. The third-order valence-electron chi connectivity index (χ3n) is 3.79. The molecule has 0 aromatic heterocycles. The molecule has 7 heteroatoms. The Morgan fingerprint density at radius 2 is 1.75 bits per heavy atom. The van der Waals surface area contributed by atoms with E-state index in [1.54, 1.807) is 11.9 Å². The lowest BCUT2D eigenvalue weighted by molar-refractivity contribution is 0.0147. The summed E-state index contributed by atoms with van der Waals surface area (Å²) in [7, 11) is 1.79. The van der Waals surface area contributed by atoms with Crippen molar-refractivity contribution in [2.75, 3.05) is 52.9 Å². The van der Waals surface area contributed by atoms with Gasteiger partial charge in [-0.3, -0.25) is 9.89 Å². The number of nitrogens with zero attached hydrogens (tertiary/aromatic N) is 3. The van der Waals surface area contributed by atoms with E-state index in [1.165, 1.54) is 6.42 Å². The highest BCUT2D eigenvalue weighted by atomic mass is 16.6. The smallest absolute Gasteiger partial charge is 0.410 e.